The molecule has 2 unspecified atom stereocenters. The van der Waals surface area contributed by atoms with E-state index in [9.17, 15) is 0 Å². The van der Waals surface area contributed by atoms with Gasteiger partial charge < -0.3 is 5.32 Å². The van der Waals surface area contributed by atoms with Crippen LogP contribution in [0.2, 0.25) is 0 Å². The first-order valence-electron chi connectivity index (χ1n) is 5.55. The topological polar surface area (TPSA) is 24.4 Å². The maximum atomic E-state index is 4.52. The van der Waals surface area contributed by atoms with Crippen LogP contribution in [-0.2, 0) is 0 Å². The van der Waals surface area contributed by atoms with Gasteiger partial charge in [-0.05, 0) is 32.6 Å². The molecule has 0 aromatic rings. The number of amidine groups is 1. The van der Waals surface area contributed by atoms with Crippen molar-refractivity contribution in [1.29, 1.82) is 0 Å². The van der Waals surface area contributed by atoms with Gasteiger partial charge >= 0.3 is 0 Å². The Kier molecular flexibility index (Phi) is 4.79. The van der Waals surface area contributed by atoms with Crippen LogP contribution in [0.4, 0.5) is 0 Å². The Labute approximate surface area is 92.0 Å². The lowest BCUT2D eigenvalue weighted by atomic mass is 10.0. The van der Waals surface area contributed by atoms with Crippen LogP contribution in [0.25, 0.3) is 0 Å². The third-order valence-electron chi connectivity index (χ3n) is 2.35. The molecule has 1 aliphatic heterocycles. The summed E-state index contributed by atoms with van der Waals surface area (Å²) < 4.78 is 0. The largest absolute Gasteiger partial charge is 0.362 e. The van der Waals surface area contributed by atoms with Crippen molar-refractivity contribution in [2.75, 3.05) is 5.75 Å². The van der Waals surface area contributed by atoms with Gasteiger partial charge in [0, 0.05) is 11.8 Å². The van der Waals surface area contributed by atoms with Gasteiger partial charge in [0.15, 0.2) is 5.17 Å². The first-order chi connectivity index (χ1) is 6.58. The third-order valence-corrected chi connectivity index (χ3v) is 3.49. The van der Waals surface area contributed by atoms with Gasteiger partial charge in [-0.2, -0.15) is 0 Å². The molecule has 3 heteroatoms. The van der Waals surface area contributed by atoms with E-state index in [4.69, 9.17) is 0 Å². The highest BCUT2D eigenvalue weighted by Gasteiger charge is 2.15. The Hall–Kier alpha value is -0.180. The van der Waals surface area contributed by atoms with Crippen molar-refractivity contribution in [3.05, 3.63) is 0 Å². The smallest absolute Gasteiger partial charge is 0.157 e. The highest BCUT2D eigenvalue weighted by molar-refractivity contribution is 8.14. The number of thioether (sulfide) groups is 1. The number of hydrogen-bond acceptors (Lipinski definition) is 3. The molecule has 0 radical (unpaired) electrons. The van der Waals surface area contributed by atoms with E-state index in [-0.39, 0.29) is 0 Å². The highest BCUT2D eigenvalue weighted by atomic mass is 32.2. The lowest BCUT2D eigenvalue weighted by molar-refractivity contribution is 0.494. The number of nitrogens with zero attached hydrogens (tertiary/aromatic N) is 1. The molecule has 1 aliphatic rings. The minimum absolute atomic E-state index is 0.500. The molecule has 0 saturated heterocycles. The van der Waals surface area contributed by atoms with Crippen molar-refractivity contribution < 1.29 is 0 Å². The Bertz CT molecular complexity index is 201. The summed E-state index contributed by atoms with van der Waals surface area (Å²) in [6.07, 6.45) is 2.54. The summed E-state index contributed by atoms with van der Waals surface area (Å²) in [6.45, 7) is 8.96. The van der Waals surface area contributed by atoms with Crippen molar-refractivity contribution in [2.24, 2.45) is 10.9 Å². The maximum absolute atomic E-state index is 4.52. The Morgan fingerprint density at radius 3 is 2.64 bits per heavy atom. The van der Waals surface area contributed by atoms with Gasteiger partial charge in [0.2, 0.25) is 0 Å². The summed E-state index contributed by atoms with van der Waals surface area (Å²) in [5.41, 5.74) is 0. The lowest BCUT2D eigenvalue weighted by Crippen LogP contribution is -2.30. The molecule has 82 valence electrons. The second kappa shape index (κ2) is 5.64. The maximum Gasteiger partial charge on any atom is 0.157 e. The van der Waals surface area contributed by atoms with E-state index in [2.05, 4.69) is 38.0 Å². The first kappa shape index (κ1) is 11.9. The standard InChI is InChI=1S/C11H22N2S/c1-8(2)5-6-9(3)12-11-13-10(4)7-14-11/h8-10H,5-7H2,1-4H3,(H,12,13). The summed E-state index contributed by atoms with van der Waals surface area (Å²) in [4.78, 5) is 4.52. The van der Waals surface area contributed by atoms with Crippen LogP contribution < -0.4 is 5.32 Å². The highest BCUT2D eigenvalue weighted by Crippen LogP contribution is 2.17. The Balaban J connectivity index is 2.20. The second-order valence-electron chi connectivity index (χ2n) is 4.61. The fourth-order valence-electron chi connectivity index (χ4n) is 1.42. The molecule has 0 spiro atoms. The van der Waals surface area contributed by atoms with Crippen LogP contribution in [-0.4, -0.2) is 23.0 Å². The van der Waals surface area contributed by atoms with Crippen molar-refractivity contribution >= 4 is 16.9 Å². The molecule has 1 heterocycles. The molecule has 0 fully saturated rings. The van der Waals surface area contributed by atoms with Crippen molar-refractivity contribution in [3.63, 3.8) is 0 Å². The molecule has 14 heavy (non-hydrogen) atoms. The van der Waals surface area contributed by atoms with Crippen LogP contribution in [0.15, 0.2) is 4.99 Å². The average molecular weight is 214 g/mol. The zero-order chi connectivity index (χ0) is 10.6. The SMILES string of the molecule is CC(C)CCC(C)NC1=NC(C)CS1. The fraction of sp³-hybridized carbons (Fsp3) is 0.909. The van der Waals surface area contributed by atoms with E-state index >= 15 is 0 Å². The summed E-state index contributed by atoms with van der Waals surface area (Å²) in [6, 6.07) is 1.06. The van der Waals surface area contributed by atoms with Gasteiger partial charge in [0.1, 0.15) is 0 Å². The molecule has 2 atom stereocenters. The van der Waals surface area contributed by atoms with Crippen LogP contribution in [0, 0.1) is 5.92 Å². The van der Waals surface area contributed by atoms with E-state index in [0.29, 0.717) is 12.1 Å². The van der Waals surface area contributed by atoms with Gasteiger partial charge in [-0.15, -0.1) is 0 Å². The summed E-state index contributed by atoms with van der Waals surface area (Å²) >= 11 is 1.85. The molecular weight excluding hydrogens is 192 g/mol. The van der Waals surface area contributed by atoms with Crippen LogP contribution in [0.3, 0.4) is 0 Å². The second-order valence-corrected chi connectivity index (χ2v) is 5.62. The number of rotatable bonds is 4. The van der Waals surface area contributed by atoms with Crippen molar-refractivity contribution in [3.8, 4) is 0 Å². The summed E-state index contributed by atoms with van der Waals surface area (Å²) in [5, 5.41) is 4.62. The van der Waals surface area contributed by atoms with Crippen LogP contribution in [0.1, 0.15) is 40.5 Å². The van der Waals surface area contributed by atoms with Crippen LogP contribution in [0.5, 0.6) is 0 Å². The molecule has 0 aliphatic carbocycles. The monoisotopic (exact) mass is 214 g/mol. The predicted molar refractivity (Wildman–Crippen MR) is 66.0 cm³/mol. The van der Waals surface area contributed by atoms with E-state index < -0.39 is 0 Å². The molecular formula is C11H22N2S. The molecule has 0 saturated carbocycles. The van der Waals surface area contributed by atoms with Gasteiger partial charge in [-0.3, -0.25) is 4.99 Å². The number of hydrogen-bond donors (Lipinski definition) is 1. The summed E-state index contributed by atoms with van der Waals surface area (Å²) in [5.74, 6) is 1.94. The molecule has 1 N–H and O–H groups in total. The molecule has 1 rings (SSSR count). The zero-order valence-corrected chi connectivity index (χ0v) is 10.5. The number of nitrogens with one attached hydrogen (secondary N) is 1. The quantitative estimate of drug-likeness (QED) is 0.778. The van der Waals surface area contributed by atoms with E-state index in [1.165, 1.54) is 12.8 Å². The van der Waals surface area contributed by atoms with E-state index in [1.807, 2.05) is 11.8 Å². The van der Waals surface area contributed by atoms with Crippen LogP contribution >= 0.6 is 11.8 Å². The first-order valence-corrected chi connectivity index (χ1v) is 6.53. The minimum atomic E-state index is 0.500. The molecule has 0 amide bonds. The van der Waals surface area contributed by atoms with Crippen molar-refractivity contribution in [1.82, 2.24) is 5.32 Å². The third kappa shape index (κ3) is 4.36. The van der Waals surface area contributed by atoms with Gasteiger partial charge in [0.25, 0.3) is 0 Å². The normalized spacial score (nSPS) is 23.8. The summed E-state index contributed by atoms with van der Waals surface area (Å²) in [7, 11) is 0. The molecule has 0 bridgehead atoms. The molecule has 0 aromatic carbocycles. The Morgan fingerprint density at radius 2 is 2.14 bits per heavy atom. The van der Waals surface area contributed by atoms with E-state index in [1.54, 1.807) is 0 Å². The zero-order valence-electron chi connectivity index (χ0n) is 9.71. The van der Waals surface area contributed by atoms with E-state index in [0.717, 1.165) is 16.8 Å². The lowest BCUT2D eigenvalue weighted by Gasteiger charge is -2.15. The molecule has 2 nitrogen and oxygen atoms in total. The van der Waals surface area contributed by atoms with Gasteiger partial charge in [-0.1, -0.05) is 25.6 Å². The number of aliphatic imine (C=N–C) groups is 1. The fourth-order valence-corrected chi connectivity index (χ4v) is 2.43. The molecule has 0 aromatic heterocycles. The predicted octanol–water partition coefficient (Wildman–Crippen LogP) is 2.89. The average Bonchev–Trinajstić information content (AvgIpc) is 2.48. The Morgan fingerprint density at radius 1 is 1.43 bits per heavy atom. The van der Waals surface area contributed by atoms with Crippen molar-refractivity contribution in [2.45, 2.75) is 52.6 Å². The minimum Gasteiger partial charge on any atom is -0.362 e. The van der Waals surface area contributed by atoms with Gasteiger partial charge in [-0.25, -0.2) is 0 Å². The van der Waals surface area contributed by atoms with Gasteiger partial charge in [0.05, 0.1) is 6.04 Å².